The molecule has 0 heterocycles. The van der Waals surface area contributed by atoms with Crippen molar-refractivity contribution in [2.45, 2.75) is 57.8 Å². The quantitative estimate of drug-likeness (QED) is 0.535. The minimum absolute atomic E-state index is 0.544. The third-order valence-electron chi connectivity index (χ3n) is 5.74. The Bertz CT molecular complexity index is 733. The summed E-state index contributed by atoms with van der Waals surface area (Å²) < 4.78 is 32.4. The molecule has 3 heteroatoms. The molecule has 3 rings (SSSR count). The second-order valence-electron chi connectivity index (χ2n) is 7.45. The second kappa shape index (κ2) is 8.66. The fourth-order valence-corrected chi connectivity index (χ4v) is 4.15. The van der Waals surface area contributed by atoms with Crippen molar-refractivity contribution in [2.75, 3.05) is 7.11 Å². The predicted octanol–water partition coefficient (Wildman–Crippen LogP) is 7.10. The summed E-state index contributed by atoms with van der Waals surface area (Å²) in [6.07, 6.45) is 8.95. The zero-order chi connectivity index (χ0) is 18.5. The fraction of sp³-hybridized carbons (Fsp3) is 0.478. The molecule has 0 N–H and O–H groups in total. The van der Waals surface area contributed by atoms with Crippen LogP contribution in [0.4, 0.5) is 8.78 Å². The van der Waals surface area contributed by atoms with E-state index in [4.69, 9.17) is 4.74 Å². The molecule has 1 aliphatic rings. The summed E-state index contributed by atoms with van der Waals surface area (Å²) in [5.74, 6) is 0.454. The summed E-state index contributed by atoms with van der Waals surface area (Å²) in [6.45, 7) is 2.25. The Labute approximate surface area is 155 Å². The minimum atomic E-state index is -0.827. The molecule has 1 saturated carbocycles. The number of unbranched alkanes of at least 4 members (excludes halogenated alkanes) is 1. The van der Waals surface area contributed by atoms with E-state index >= 15 is 0 Å². The maximum atomic E-state index is 13.7. The summed E-state index contributed by atoms with van der Waals surface area (Å²) >= 11 is 0. The summed E-state index contributed by atoms with van der Waals surface area (Å²) in [5.41, 5.74) is 2.76. The Morgan fingerprint density at radius 1 is 0.962 bits per heavy atom. The van der Waals surface area contributed by atoms with Crippen LogP contribution in [0.25, 0.3) is 11.1 Å². The molecule has 1 aliphatic carbocycles. The predicted molar refractivity (Wildman–Crippen MR) is 103 cm³/mol. The summed E-state index contributed by atoms with van der Waals surface area (Å²) in [5, 5.41) is 0. The highest BCUT2D eigenvalue weighted by atomic mass is 19.2. The maximum absolute atomic E-state index is 13.7. The first-order valence-corrected chi connectivity index (χ1v) is 9.75. The zero-order valence-electron chi connectivity index (χ0n) is 15.7. The van der Waals surface area contributed by atoms with E-state index in [1.54, 1.807) is 13.2 Å². The largest absolute Gasteiger partial charge is 0.496 e. The highest BCUT2D eigenvalue weighted by Gasteiger charge is 2.23. The van der Waals surface area contributed by atoms with Crippen LogP contribution in [0.2, 0.25) is 0 Å². The first-order chi connectivity index (χ1) is 12.6. The van der Waals surface area contributed by atoms with Crippen molar-refractivity contribution in [3.05, 3.63) is 53.6 Å². The third-order valence-corrected chi connectivity index (χ3v) is 5.74. The Morgan fingerprint density at radius 3 is 2.38 bits per heavy atom. The van der Waals surface area contributed by atoms with Gasteiger partial charge in [-0.3, -0.25) is 0 Å². The fourth-order valence-electron chi connectivity index (χ4n) is 4.15. The van der Waals surface area contributed by atoms with E-state index in [1.807, 2.05) is 6.07 Å². The van der Waals surface area contributed by atoms with Crippen LogP contribution in [0.5, 0.6) is 5.75 Å². The van der Waals surface area contributed by atoms with E-state index in [2.05, 4.69) is 19.1 Å². The lowest BCUT2D eigenvalue weighted by molar-refractivity contribution is 0.304. The van der Waals surface area contributed by atoms with Gasteiger partial charge in [0.25, 0.3) is 0 Å². The topological polar surface area (TPSA) is 9.23 Å². The van der Waals surface area contributed by atoms with Crippen LogP contribution >= 0.6 is 0 Å². The number of benzene rings is 2. The Morgan fingerprint density at radius 2 is 1.73 bits per heavy atom. The smallest absolute Gasteiger partial charge is 0.159 e. The number of hydrogen-bond donors (Lipinski definition) is 0. The lowest BCUT2D eigenvalue weighted by Gasteiger charge is -2.29. The molecule has 0 bridgehead atoms. The average molecular weight is 358 g/mol. The first kappa shape index (κ1) is 18.9. The van der Waals surface area contributed by atoms with Gasteiger partial charge in [0.15, 0.2) is 11.6 Å². The molecule has 0 saturated heterocycles. The monoisotopic (exact) mass is 358 g/mol. The van der Waals surface area contributed by atoms with Gasteiger partial charge in [-0.2, -0.15) is 0 Å². The van der Waals surface area contributed by atoms with E-state index in [1.165, 1.54) is 62.6 Å². The molecule has 1 fully saturated rings. The molecular weight excluding hydrogens is 330 g/mol. The Hall–Kier alpha value is -1.90. The number of methoxy groups -OCH3 is 1. The van der Waals surface area contributed by atoms with Gasteiger partial charge in [-0.1, -0.05) is 38.3 Å². The summed E-state index contributed by atoms with van der Waals surface area (Å²) in [4.78, 5) is 0. The number of ether oxygens (including phenoxy) is 1. The maximum Gasteiger partial charge on any atom is 0.159 e. The lowest BCUT2D eigenvalue weighted by Crippen LogP contribution is -2.13. The van der Waals surface area contributed by atoms with Gasteiger partial charge in [0.05, 0.1) is 7.11 Å². The summed E-state index contributed by atoms with van der Waals surface area (Å²) in [6, 6.07) is 10.2. The standard InChI is InChI=1S/C23H28F2O/c1-3-4-5-16-6-8-17(9-7-16)18-11-13-23(26-2)20(14-18)19-10-12-21(24)22(25)15-19/h10-17H,3-9H2,1-2H3. The molecule has 0 radical (unpaired) electrons. The van der Waals surface area contributed by atoms with Crippen LogP contribution in [-0.2, 0) is 0 Å². The Kier molecular flexibility index (Phi) is 6.29. The molecule has 0 atom stereocenters. The molecule has 2 aromatic rings. The number of halogens is 2. The SMILES string of the molecule is CCCCC1CCC(c2ccc(OC)c(-c3ccc(F)c(F)c3)c2)CC1. The van der Waals surface area contributed by atoms with Gasteiger partial charge < -0.3 is 4.74 Å². The minimum Gasteiger partial charge on any atom is -0.496 e. The number of rotatable bonds is 6. The van der Waals surface area contributed by atoms with E-state index in [0.717, 1.165) is 11.5 Å². The zero-order valence-corrected chi connectivity index (χ0v) is 15.7. The van der Waals surface area contributed by atoms with E-state index in [9.17, 15) is 8.78 Å². The van der Waals surface area contributed by atoms with Crippen LogP contribution < -0.4 is 4.74 Å². The van der Waals surface area contributed by atoms with Crippen molar-refractivity contribution in [3.63, 3.8) is 0 Å². The van der Waals surface area contributed by atoms with Gasteiger partial charge in [0.2, 0.25) is 0 Å². The van der Waals surface area contributed by atoms with E-state index in [0.29, 0.717) is 17.2 Å². The molecule has 0 unspecified atom stereocenters. The molecule has 140 valence electrons. The van der Waals surface area contributed by atoms with E-state index in [-0.39, 0.29) is 0 Å². The number of hydrogen-bond acceptors (Lipinski definition) is 1. The second-order valence-corrected chi connectivity index (χ2v) is 7.45. The van der Waals surface area contributed by atoms with Crippen LogP contribution in [0, 0.1) is 17.6 Å². The molecule has 0 amide bonds. The molecular formula is C23H28F2O. The molecule has 0 aromatic heterocycles. The van der Waals surface area contributed by atoms with Crippen molar-refractivity contribution in [1.29, 1.82) is 0 Å². The normalized spacial score (nSPS) is 20.2. The van der Waals surface area contributed by atoms with Crippen molar-refractivity contribution in [1.82, 2.24) is 0 Å². The summed E-state index contributed by atoms with van der Waals surface area (Å²) in [7, 11) is 1.61. The van der Waals surface area contributed by atoms with Crippen LogP contribution in [-0.4, -0.2) is 7.11 Å². The Balaban J connectivity index is 1.81. The van der Waals surface area contributed by atoms with Crippen LogP contribution in [0.1, 0.15) is 63.4 Å². The van der Waals surface area contributed by atoms with Crippen LogP contribution in [0.3, 0.4) is 0 Å². The van der Waals surface area contributed by atoms with Gasteiger partial charge in [-0.15, -0.1) is 0 Å². The van der Waals surface area contributed by atoms with Gasteiger partial charge in [-0.05, 0) is 72.9 Å². The lowest BCUT2D eigenvalue weighted by atomic mass is 9.76. The van der Waals surface area contributed by atoms with Crippen molar-refractivity contribution >= 4 is 0 Å². The van der Waals surface area contributed by atoms with Crippen molar-refractivity contribution < 1.29 is 13.5 Å². The van der Waals surface area contributed by atoms with Crippen molar-refractivity contribution in [2.24, 2.45) is 5.92 Å². The molecule has 26 heavy (non-hydrogen) atoms. The third kappa shape index (κ3) is 4.25. The van der Waals surface area contributed by atoms with Gasteiger partial charge in [-0.25, -0.2) is 8.78 Å². The van der Waals surface area contributed by atoms with Gasteiger partial charge in [0, 0.05) is 5.56 Å². The van der Waals surface area contributed by atoms with Gasteiger partial charge in [0.1, 0.15) is 5.75 Å². The van der Waals surface area contributed by atoms with E-state index < -0.39 is 11.6 Å². The highest BCUT2D eigenvalue weighted by Crippen LogP contribution is 2.40. The molecule has 0 spiro atoms. The van der Waals surface area contributed by atoms with Crippen LogP contribution in [0.15, 0.2) is 36.4 Å². The first-order valence-electron chi connectivity index (χ1n) is 9.75. The highest BCUT2D eigenvalue weighted by molar-refractivity contribution is 5.71. The average Bonchev–Trinajstić information content (AvgIpc) is 2.68. The molecule has 2 aromatic carbocycles. The van der Waals surface area contributed by atoms with Crippen molar-refractivity contribution in [3.8, 4) is 16.9 Å². The molecule has 1 nitrogen and oxygen atoms in total. The van der Waals surface area contributed by atoms with Gasteiger partial charge >= 0.3 is 0 Å². The molecule has 0 aliphatic heterocycles.